The van der Waals surface area contributed by atoms with Gasteiger partial charge in [-0.1, -0.05) is 12.1 Å². The Morgan fingerprint density at radius 2 is 2.18 bits per heavy atom. The lowest BCUT2D eigenvalue weighted by Crippen LogP contribution is -2.52. The number of carboxylic acid groups (broad SMARTS) is 1. The fourth-order valence-electron chi connectivity index (χ4n) is 2.36. The summed E-state index contributed by atoms with van der Waals surface area (Å²) in [5.41, 5.74) is 2.10. The number of ether oxygens (including phenoxy) is 2. The van der Waals surface area contributed by atoms with Gasteiger partial charge >= 0.3 is 5.97 Å². The fraction of sp³-hybridized carbons (Fsp3) is 0.500. The van der Waals surface area contributed by atoms with Gasteiger partial charge in [0.1, 0.15) is 5.75 Å². The van der Waals surface area contributed by atoms with Crippen LogP contribution in [0.15, 0.2) is 18.2 Å². The highest BCUT2D eigenvalue weighted by molar-refractivity contribution is 5.84. The molecule has 1 fully saturated rings. The van der Waals surface area contributed by atoms with E-state index < -0.39 is 12.0 Å². The Labute approximate surface area is 129 Å². The molecule has 1 aromatic carbocycles. The zero-order valence-corrected chi connectivity index (χ0v) is 12.9. The second-order valence-electron chi connectivity index (χ2n) is 5.38. The Hall–Kier alpha value is -2.08. The predicted octanol–water partition coefficient (Wildman–Crippen LogP) is 1.38. The van der Waals surface area contributed by atoms with E-state index in [1.807, 2.05) is 32.0 Å². The molecule has 1 amide bonds. The lowest BCUT2D eigenvalue weighted by molar-refractivity contribution is -0.158. The molecule has 2 rings (SSSR count). The van der Waals surface area contributed by atoms with Crippen LogP contribution in [-0.2, 0) is 14.3 Å². The number of aryl methyl sites for hydroxylation is 2. The monoisotopic (exact) mass is 307 g/mol. The number of nitrogens with zero attached hydrogens (tertiary/aromatic N) is 1. The summed E-state index contributed by atoms with van der Waals surface area (Å²) in [6, 6.07) is 4.99. The topological polar surface area (TPSA) is 76.1 Å². The van der Waals surface area contributed by atoms with E-state index in [0.29, 0.717) is 13.2 Å². The van der Waals surface area contributed by atoms with Crippen molar-refractivity contribution in [1.82, 2.24) is 4.90 Å². The van der Waals surface area contributed by atoms with Crippen LogP contribution in [0.3, 0.4) is 0 Å². The summed E-state index contributed by atoms with van der Waals surface area (Å²) in [5.74, 6) is -0.505. The van der Waals surface area contributed by atoms with Gasteiger partial charge in [0.15, 0.2) is 6.04 Å². The van der Waals surface area contributed by atoms with Crippen molar-refractivity contribution in [2.45, 2.75) is 26.3 Å². The summed E-state index contributed by atoms with van der Waals surface area (Å²) in [6.45, 7) is 4.86. The third kappa shape index (κ3) is 3.98. The maximum atomic E-state index is 12.2. The first-order valence-electron chi connectivity index (χ1n) is 7.29. The molecule has 0 bridgehead atoms. The number of carboxylic acids is 1. The molecular weight excluding hydrogens is 286 g/mol. The molecule has 0 spiro atoms. The van der Waals surface area contributed by atoms with E-state index in [1.165, 1.54) is 4.90 Å². The molecule has 0 unspecified atom stereocenters. The minimum atomic E-state index is -1.04. The van der Waals surface area contributed by atoms with E-state index in [1.54, 1.807) is 0 Å². The zero-order chi connectivity index (χ0) is 16.1. The Kier molecular flexibility index (Phi) is 5.38. The highest BCUT2D eigenvalue weighted by atomic mass is 16.5. The summed E-state index contributed by atoms with van der Waals surface area (Å²) >= 11 is 0. The normalized spacial score (nSPS) is 18.1. The van der Waals surface area contributed by atoms with Crippen LogP contribution in [-0.4, -0.2) is 54.3 Å². The Morgan fingerprint density at radius 3 is 2.91 bits per heavy atom. The van der Waals surface area contributed by atoms with Crippen LogP contribution in [0.25, 0.3) is 0 Å². The minimum Gasteiger partial charge on any atom is -0.493 e. The van der Waals surface area contributed by atoms with Crippen molar-refractivity contribution in [2.75, 3.05) is 26.4 Å². The van der Waals surface area contributed by atoms with Gasteiger partial charge in [-0.05, 0) is 31.0 Å². The van der Waals surface area contributed by atoms with Crippen LogP contribution >= 0.6 is 0 Å². The second-order valence-corrected chi connectivity index (χ2v) is 5.38. The molecule has 1 atom stereocenters. The van der Waals surface area contributed by atoms with Crippen molar-refractivity contribution in [2.24, 2.45) is 0 Å². The first kappa shape index (κ1) is 16.3. The number of benzene rings is 1. The molecule has 1 aliphatic heterocycles. The van der Waals surface area contributed by atoms with Crippen molar-refractivity contribution >= 4 is 11.9 Å². The van der Waals surface area contributed by atoms with Gasteiger partial charge in [-0.3, -0.25) is 4.79 Å². The summed E-state index contributed by atoms with van der Waals surface area (Å²) in [7, 11) is 0. The molecule has 0 aromatic heterocycles. The Bertz CT molecular complexity index is 557. The minimum absolute atomic E-state index is 0.0406. The molecule has 1 aromatic rings. The molecule has 1 heterocycles. The predicted molar refractivity (Wildman–Crippen MR) is 80.0 cm³/mol. The van der Waals surface area contributed by atoms with Gasteiger partial charge in [-0.15, -0.1) is 0 Å². The number of hydrogen-bond donors (Lipinski definition) is 1. The molecule has 6 heteroatoms. The summed E-state index contributed by atoms with van der Waals surface area (Å²) in [5, 5.41) is 9.12. The molecule has 6 nitrogen and oxygen atoms in total. The van der Waals surface area contributed by atoms with Gasteiger partial charge in [0.2, 0.25) is 5.91 Å². The van der Waals surface area contributed by atoms with Crippen molar-refractivity contribution in [1.29, 1.82) is 0 Å². The van der Waals surface area contributed by atoms with Crippen molar-refractivity contribution < 1.29 is 24.2 Å². The van der Waals surface area contributed by atoms with Gasteiger partial charge in [-0.25, -0.2) is 4.79 Å². The number of carbonyl (C=O) groups excluding carboxylic acids is 1. The van der Waals surface area contributed by atoms with Crippen LogP contribution < -0.4 is 4.74 Å². The first-order valence-corrected chi connectivity index (χ1v) is 7.29. The summed E-state index contributed by atoms with van der Waals surface area (Å²) in [6.07, 6.45) is 0.150. The van der Waals surface area contributed by atoms with E-state index in [-0.39, 0.29) is 25.5 Å². The van der Waals surface area contributed by atoms with Crippen molar-refractivity contribution in [3.05, 3.63) is 29.3 Å². The lowest BCUT2D eigenvalue weighted by atomic mass is 10.1. The molecule has 1 N–H and O–H groups in total. The van der Waals surface area contributed by atoms with E-state index in [2.05, 4.69) is 0 Å². The van der Waals surface area contributed by atoms with E-state index in [9.17, 15) is 9.59 Å². The van der Waals surface area contributed by atoms with E-state index >= 15 is 0 Å². The zero-order valence-electron chi connectivity index (χ0n) is 12.9. The summed E-state index contributed by atoms with van der Waals surface area (Å²) < 4.78 is 10.8. The van der Waals surface area contributed by atoms with Crippen LogP contribution in [0.5, 0.6) is 5.75 Å². The molecule has 1 aliphatic rings. The number of aliphatic carboxylic acids is 1. The molecule has 0 saturated carbocycles. The maximum Gasteiger partial charge on any atom is 0.328 e. The molecule has 120 valence electrons. The molecule has 22 heavy (non-hydrogen) atoms. The highest BCUT2D eigenvalue weighted by Crippen LogP contribution is 2.19. The Morgan fingerprint density at radius 1 is 1.41 bits per heavy atom. The smallest absolute Gasteiger partial charge is 0.328 e. The van der Waals surface area contributed by atoms with Crippen LogP contribution in [0, 0.1) is 13.8 Å². The second kappa shape index (κ2) is 7.26. The highest BCUT2D eigenvalue weighted by Gasteiger charge is 2.32. The average Bonchev–Trinajstić information content (AvgIpc) is 2.50. The van der Waals surface area contributed by atoms with Gasteiger partial charge in [0.05, 0.1) is 26.2 Å². The van der Waals surface area contributed by atoms with Crippen LogP contribution in [0.1, 0.15) is 17.5 Å². The standard InChI is InChI=1S/C16H21NO5/c1-11-3-4-12(2)14(9-11)22-7-5-15(18)17-6-8-21-10-13(17)16(19)20/h3-4,9,13H,5-8,10H2,1-2H3,(H,19,20)/t13-/m1/s1. The number of amides is 1. The molecule has 0 aliphatic carbocycles. The third-order valence-corrected chi connectivity index (χ3v) is 3.65. The van der Waals surface area contributed by atoms with Crippen LogP contribution in [0.2, 0.25) is 0 Å². The molecule has 1 saturated heterocycles. The van der Waals surface area contributed by atoms with Gasteiger partial charge in [0, 0.05) is 6.54 Å². The number of carbonyl (C=O) groups is 2. The third-order valence-electron chi connectivity index (χ3n) is 3.65. The fourth-order valence-corrected chi connectivity index (χ4v) is 2.36. The largest absolute Gasteiger partial charge is 0.493 e. The van der Waals surface area contributed by atoms with Gasteiger partial charge in [-0.2, -0.15) is 0 Å². The maximum absolute atomic E-state index is 12.2. The first-order chi connectivity index (χ1) is 10.5. The van der Waals surface area contributed by atoms with E-state index in [4.69, 9.17) is 14.6 Å². The van der Waals surface area contributed by atoms with Crippen molar-refractivity contribution in [3.63, 3.8) is 0 Å². The van der Waals surface area contributed by atoms with Gasteiger partial charge < -0.3 is 19.5 Å². The molecular formula is C16H21NO5. The van der Waals surface area contributed by atoms with Gasteiger partial charge in [0.25, 0.3) is 0 Å². The number of hydrogen-bond acceptors (Lipinski definition) is 4. The quantitative estimate of drug-likeness (QED) is 0.889. The average molecular weight is 307 g/mol. The lowest BCUT2D eigenvalue weighted by Gasteiger charge is -2.32. The Balaban J connectivity index is 1.89. The molecule has 0 radical (unpaired) electrons. The van der Waals surface area contributed by atoms with E-state index in [0.717, 1.165) is 16.9 Å². The number of morpholine rings is 1. The summed E-state index contributed by atoms with van der Waals surface area (Å²) in [4.78, 5) is 24.7. The SMILES string of the molecule is Cc1ccc(C)c(OCCC(=O)N2CCOC[C@@H]2C(=O)O)c1. The van der Waals surface area contributed by atoms with Crippen LogP contribution in [0.4, 0.5) is 0 Å². The van der Waals surface area contributed by atoms with Crippen molar-refractivity contribution in [3.8, 4) is 5.75 Å². The number of rotatable bonds is 5.